The second-order valence-electron chi connectivity index (χ2n) is 4.55. The van der Waals surface area contributed by atoms with E-state index < -0.39 is 5.60 Å². The molecule has 1 N–H and O–H groups in total. The Labute approximate surface area is 87.0 Å². The molecule has 1 aliphatic rings. The molecule has 1 aliphatic carbocycles. The Kier molecular flexibility index (Phi) is 4.46. The summed E-state index contributed by atoms with van der Waals surface area (Å²) < 4.78 is 5.29. The molecule has 2 nitrogen and oxygen atoms in total. The molecule has 0 bridgehead atoms. The van der Waals surface area contributed by atoms with Gasteiger partial charge >= 0.3 is 0 Å². The Balaban J connectivity index is 2.24. The minimum Gasteiger partial charge on any atom is -0.499 e. The van der Waals surface area contributed by atoms with Gasteiger partial charge in [0.25, 0.3) is 0 Å². The fourth-order valence-corrected chi connectivity index (χ4v) is 1.89. The van der Waals surface area contributed by atoms with Crippen LogP contribution in [0.1, 0.15) is 52.4 Å². The van der Waals surface area contributed by atoms with E-state index in [9.17, 15) is 5.11 Å². The molecule has 0 saturated heterocycles. The van der Waals surface area contributed by atoms with Crippen LogP contribution in [-0.4, -0.2) is 16.8 Å². The number of hydrogen-bond donors (Lipinski definition) is 1. The molecule has 0 aliphatic heterocycles. The van der Waals surface area contributed by atoms with Gasteiger partial charge in [0.2, 0.25) is 0 Å². The first kappa shape index (κ1) is 11.6. The van der Waals surface area contributed by atoms with E-state index in [1.165, 1.54) is 6.42 Å². The third-order valence-corrected chi connectivity index (χ3v) is 2.73. The van der Waals surface area contributed by atoms with Crippen LogP contribution >= 0.6 is 0 Å². The molecular weight excluding hydrogens is 176 g/mol. The van der Waals surface area contributed by atoms with Crippen molar-refractivity contribution >= 4 is 0 Å². The average molecular weight is 198 g/mol. The number of ether oxygens (including phenoxy) is 1. The van der Waals surface area contributed by atoms with E-state index in [4.69, 9.17) is 4.74 Å². The van der Waals surface area contributed by atoms with Gasteiger partial charge in [-0.05, 0) is 39.2 Å². The van der Waals surface area contributed by atoms with Crippen LogP contribution in [0.25, 0.3) is 0 Å². The third-order valence-electron chi connectivity index (χ3n) is 2.73. The van der Waals surface area contributed by atoms with E-state index in [-0.39, 0.29) is 6.10 Å². The van der Waals surface area contributed by atoms with Gasteiger partial charge in [0, 0.05) is 0 Å². The summed E-state index contributed by atoms with van der Waals surface area (Å²) in [6.45, 7) is 4.00. The molecular formula is C12H22O2. The Hall–Kier alpha value is -0.500. The largest absolute Gasteiger partial charge is 0.499 e. The third kappa shape index (κ3) is 4.14. The molecule has 1 saturated carbocycles. The van der Waals surface area contributed by atoms with Crippen LogP contribution in [0.3, 0.4) is 0 Å². The van der Waals surface area contributed by atoms with E-state index in [2.05, 4.69) is 0 Å². The van der Waals surface area contributed by atoms with Gasteiger partial charge in [-0.25, -0.2) is 0 Å². The highest BCUT2D eigenvalue weighted by atomic mass is 16.5. The van der Waals surface area contributed by atoms with Gasteiger partial charge in [-0.15, -0.1) is 0 Å². The Morgan fingerprint density at radius 2 is 1.93 bits per heavy atom. The average Bonchev–Trinajstić information content (AvgIpc) is 2.14. The number of rotatable bonds is 4. The van der Waals surface area contributed by atoms with E-state index in [0.717, 1.165) is 32.1 Å². The van der Waals surface area contributed by atoms with Gasteiger partial charge in [-0.1, -0.05) is 19.3 Å². The van der Waals surface area contributed by atoms with Gasteiger partial charge in [0.15, 0.2) is 0 Å². The summed E-state index contributed by atoms with van der Waals surface area (Å²) in [5, 5.41) is 10.1. The molecule has 2 heteroatoms. The lowest BCUT2D eigenvalue weighted by molar-refractivity contribution is 0.00618. The first-order valence-electron chi connectivity index (χ1n) is 5.65. The maximum absolute atomic E-state index is 10.1. The van der Waals surface area contributed by atoms with Crippen molar-refractivity contribution in [3.8, 4) is 0 Å². The number of aliphatic hydroxyl groups is 1. The molecule has 1 rings (SSSR count). The van der Waals surface area contributed by atoms with Crippen molar-refractivity contribution in [3.63, 3.8) is 0 Å². The topological polar surface area (TPSA) is 29.5 Å². The van der Waals surface area contributed by atoms with Crippen molar-refractivity contribution in [2.24, 2.45) is 0 Å². The Morgan fingerprint density at radius 1 is 1.29 bits per heavy atom. The highest BCUT2D eigenvalue weighted by Crippen LogP contribution is 2.30. The smallest absolute Gasteiger partial charge is 0.0922 e. The lowest BCUT2D eigenvalue weighted by atomic mass is 9.83. The fourth-order valence-electron chi connectivity index (χ4n) is 1.89. The van der Waals surface area contributed by atoms with E-state index in [0.29, 0.717) is 0 Å². The zero-order chi connectivity index (χ0) is 10.4. The van der Waals surface area contributed by atoms with Gasteiger partial charge in [-0.2, -0.15) is 0 Å². The van der Waals surface area contributed by atoms with Crippen molar-refractivity contribution in [3.05, 3.63) is 12.3 Å². The Morgan fingerprint density at radius 3 is 2.50 bits per heavy atom. The highest BCUT2D eigenvalue weighted by molar-refractivity contribution is 4.90. The molecule has 14 heavy (non-hydrogen) atoms. The molecule has 82 valence electrons. The zero-order valence-corrected chi connectivity index (χ0v) is 9.33. The van der Waals surface area contributed by atoms with Crippen molar-refractivity contribution in [1.29, 1.82) is 0 Å². The Bertz CT molecular complexity index is 179. The van der Waals surface area contributed by atoms with E-state index in [1.807, 2.05) is 19.9 Å². The molecule has 0 aromatic carbocycles. The summed E-state index contributed by atoms with van der Waals surface area (Å²) in [6, 6.07) is 0. The zero-order valence-electron chi connectivity index (χ0n) is 9.33. The SMILES string of the molecule is CC(C)O/C=C/CC1(O)CCCCC1. The van der Waals surface area contributed by atoms with Gasteiger partial charge in [0.05, 0.1) is 18.0 Å². The van der Waals surface area contributed by atoms with Crippen molar-refractivity contribution in [2.45, 2.75) is 64.1 Å². The standard InChI is InChI=1S/C12H22O2/c1-11(2)14-10-6-9-12(13)7-4-3-5-8-12/h6,10-11,13H,3-5,7-9H2,1-2H3/b10-6+. The minimum absolute atomic E-state index is 0.229. The normalized spacial score (nSPS) is 21.7. The molecule has 0 amide bonds. The minimum atomic E-state index is -0.449. The van der Waals surface area contributed by atoms with Crippen LogP contribution in [0.4, 0.5) is 0 Å². The predicted octanol–water partition coefficient (Wildman–Crippen LogP) is 3.01. The van der Waals surface area contributed by atoms with Crippen LogP contribution in [0.2, 0.25) is 0 Å². The summed E-state index contributed by atoms with van der Waals surface area (Å²) in [4.78, 5) is 0. The van der Waals surface area contributed by atoms with Gasteiger partial charge in [-0.3, -0.25) is 0 Å². The maximum atomic E-state index is 10.1. The second kappa shape index (κ2) is 5.40. The lowest BCUT2D eigenvalue weighted by Gasteiger charge is -2.30. The van der Waals surface area contributed by atoms with Crippen molar-refractivity contribution < 1.29 is 9.84 Å². The molecule has 1 fully saturated rings. The van der Waals surface area contributed by atoms with Crippen LogP contribution in [0.15, 0.2) is 12.3 Å². The first-order chi connectivity index (χ1) is 6.62. The molecule has 0 atom stereocenters. The van der Waals surface area contributed by atoms with Crippen molar-refractivity contribution in [1.82, 2.24) is 0 Å². The van der Waals surface area contributed by atoms with Crippen LogP contribution in [0, 0.1) is 0 Å². The van der Waals surface area contributed by atoms with Crippen LogP contribution < -0.4 is 0 Å². The maximum Gasteiger partial charge on any atom is 0.0922 e. The summed E-state index contributed by atoms with van der Waals surface area (Å²) in [7, 11) is 0. The second-order valence-corrected chi connectivity index (χ2v) is 4.55. The molecule has 0 radical (unpaired) electrons. The first-order valence-corrected chi connectivity index (χ1v) is 5.65. The summed E-state index contributed by atoms with van der Waals surface area (Å²) in [6.07, 6.45) is 10.1. The monoisotopic (exact) mass is 198 g/mol. The summed E-state index contributed by atoms with van der Waals surface area (Å²) in [5.41, 5.74) is -0.449. The highest BCUT2D eigenvalue weighted by Gasteiger charge is 2.27. The molecule has 0 heterocycles. The lowest BCUT2D eigenvalue weighted by Crippen LogP contribution is -2.30. The fraction of sp³-hybridized carbons (Fsp3) is 0.833. The van der Waals surface area contributed by atoms with Crippen LogP contribution in [-0.2, 0) is 4.74 Å². The molecule has 0 aromatic rings. The van der Waals surface area contributed by atoms with E-state index >= 15 is 0 Å². The predicted molar refractivity (Wildman–Crippen MR) is 58.0 cm³/mol. The molecule has 0 unspecified atom stereocenters. The summed E-state index contributed by atoms with van der Waals surface area (Å²) in [5.74, 6) is 0. The van der Waals surface area contributed by atoms with Gasteiger partial charge in [0.1, 0.15) is 0 Å². The van der Waals surface area contributed by atoms with Crippen LogP contribution in [0.5, 0.6) is 0 Å². The summed E-state index contributed by atoms with van der Waals surface area (Å²) >= 11 is 0. The number of hydrogen-bond acceptors (Lipinski definition) is 2. The van der Waals surface area contributed by atoms with Crippen molar-refractivity contribution in [2.75, 3.05) is 0 Å². The van der Waals surface area contributed by atoms with Gasteiger partial charge < -0.3 is 9.84 Å². The molecule has 0 aromatic heterocycles. The quantitative estimate of drug-likeness (QED) is 0.704. The molecule has 0 spiro atoms. The van der Waals surface area contributed by atoms with E-state index in [1.54, 1.807) is 6.26 Å².